The van der Waals surface area contributed by atoms with Crippen LogP contribution in [0.25, 0.3) is 11.4 Å². The second kappa shape index (κ2) is 8.50. The van der Waals surface area contributed by atoms with Gasteiger partial charge in [-0.15, -0.1) is 0 Å². The monoisotopic (exact) mass is 368 g/mol. The lowest BCUT2D eigenvalue weighted by Crippen LogP contribution is -2.10. The normalized spacial score (nSPS) is 10.7. The second-order valence-corrected chi connectivity index (χ2v) is 6.01. The maximum atomic E-state index is 5.25. The topological polar surface area (TPSA) is 97.0 Å². The molecule has 2 heterocycles. The van der Waals surface area contributed by atoms with Gasteiger partial charge in [-0.3, -0.25) is 5.10 Å². The molecule has 0 spiro atoms. The average Bonchev–Trinajstić information content (AvgIpc) is 3.11. The van der Waals surface area contributed by atoms with E-state index in [-0.39, 0.29) is 0 Å². The third-order valence-corrected chi connectivity index (χ3v) is 4.10. The Morgan fingerprint density at radius 3 is 2.41 bits per heavy atom. The van der Waals surface area contributed by atoms with Gasteiger partial charge in [0, 0.05) is 43.5 Å². The van der Waals surface area contributed by atoms with E-state index >= 15 is 0 Å². The van der Waals surface area contributed by atoms with E-state index in [1.807, 2.05) is 44.3 Å². The fourth-order valence-corrected chi connectivity index (χ4v) is 2.71. The van der Waals surface area contributed by atoms with Crippen LogP contribution in [0.4, 0.5) is 17.5 Å². The molecule has 3 rings (SSSR count). The number of ether oxygens (including phenoxy) is 2. The highest BCUT2D eigenvalue weighted by atomic mass is 16.5. The van der Waals surface area contributed by atoms with Crippen LogP contribution in [0.1, 0.15) is 11.3 Å². The third kappa shape index (κ3) is 4.35. The zero-order valence-corrected chi connectivity index (χ0v) is 16.0. The van der Waals surface area contributed by atoms with E-state index in [9.17, 15) is 0 Å². The minimum atomic E-state index is 0.564. The van der Waals surface area contributed by atoms with E-state index in [0.29, 0.717) is 30.5 Å². The van der Waals surface area contributed by atoms with Crippen LogP contribution in [0.3, 0.4) is 0 Å². The molecule has 3 aromatic rings. The number of aromatic amines is 1. The zero-order chi connectivity index (χ0) is 19.2. The number of aromatic nitrogens is 4. The Morgan fingerprint density at radius 1 is 1.07 bits per heavy atom. The smallest absolute Gasteiger partial charge is 0.163 e. The van der Waals surface area contributed by atoms with Gasteiger partial charge in [-0.1, -0.05) is 0 Å². The molecular formula is C19H24N6O2. The molecule has 8 heteroatoms. The summed E-state index contributed by atoms with van der Waals surface area (Å²) < 4.78 is 10.5. The molecule has 2 aromatic heterocycles. The maximum absolute atomic E-state index is 5.25. The highest BCUT2D eigenvalue weighted by molar-refractivity contribution is 5.69. The molecule has 142 valence electrons. The zero-order valence-electron chi connectivity index (χ0n) is 16.0. The standard InChI is InChI=1S/C19H24N6O2/c1-12-11-16(25-24-12)21-19-15(9-10-26-3)18(20-2)22-17(23-19)13-5-7-14(27-4)8-6-13/h5-8,11H,9-10H2,1-4H3,(H3,20,21,22,23,24,25). The van der Waals surface area contributed by atoms with Gasteiger partial charge in [0.2, 0.25) is 0 Å². The van der Waals surface area contributed by atoms with E-state index in [1.165, 1.54) is 0 Å². The number of nitrogens with one attached hydrogen (secondary N) is 3. The number of nitrogens with zero attached hydrogens (tertiary/aromatic N) is 3. The van der Waals surface area contributed by atoms with E-state index in [0.717, 1.165) is 28.4 Å². The summed E-state index contributed by atoms with van der Waals surface area (Å²) in [5.74, 6) is 3.55. The first-order valence-electron chi connectivity index (χ1n) is 8.65. The van der Waals surface area contributed by atoms with Gasteiger partial charge >= 0.3 is 0 Å². The van der Waals surface area contributed by atoms with E-state index in [2.05, 4.69) is 20.8 Å². The summed E-state index contributed by atoms with van der Waals surface area (Å²) in [7, 11) is 5.16. The summed E-state index contributed by atoms with van der Waals surface area (Å²) in [5.41, 5.74) is 2.80. The van der Waals surface area contributed by atoms with Crippen LogP contribution in [0, 0.1) is 6.92 Å². The number of rotatable bonds is 8. The minimum absolute atomic E-state index is 0.564. The number of methoxy groups -OCH3 is 2. The van der Waals surface area contributed by atoms with Crippen molar-refractivity contribution in [2.75, 3.05) is 38.5 Å². The lowest BCUT2D eigenvalue weighted by Gasteiger charge is -2.15. The lowest BCUT2D eigenvalue weighted by molar-refractivity contribution is 0.202. The summed E-state index contributed by atoms with van der Waals surface area (Å²) in [4.78, 5) is 9.44. The predicted molar refractivity (Wildman–Crippen MR) is 106 cm³/mol. The fraction of sp³-hybridized carbons (Fsp3) is 0.316. The van der Waals surface area contributed by atoms with Crippen LogP contribution in [-0.2, 0) is 11.2 Å². The van der Waals surface area contributed by atoms with Gasteiger partial charge in [0.1, 0.15) is 17.4 Å². The van der Waals surface area contributed by atoms with Crippen LogP contribution in [0.2, 0.25) is 0 Å². The van der Waals surface area contributed by atoms with E-state index in [1.54, 1.807) is 14.2 Å². The Bertz CT molecular complexity index is 892. The van der Waals surface area contributed by atoms with Gasteiger partial charge in [-0.25, -0.2) is 9.97 Å². The average molecular weight is 368 g/mol. The molecule has 0 radical (unpaired) electrons. The largest absolute Gasteiger partial charge is 0.497 e. The summed E-state index contributed by atoms with van der Waals surface area (Å²) in [6.07, 6.45) is 0.668. The van der Waals surface area contributed by atoms with Gasteiger partial charge in [-0.05, 0) is 31.2 Å². The molecule has 0 amide bonds. The summed E-state index contributed by atoms with van der Waals surface area (Å²) in [5, 5.41) is 13.6. The molecule has 0 saturated heterocycles. The molecule has 0 atom stereocenters. The predicted octanol–water partition coefficient (Wildman–Crippen LogP) is 3.16. The molecule has 8 nitrogen and oxygen atoms in total. The van der Waals surface area contributed by atoms with Crippen molar-refractivity contribution in [2.45, 2.75) is 13.3 Å². The molecule has 0 fully saturated rings. The van der Waals surface area contributed by atoms with Crippen LogP contribution in [0.5, 0.6) is 5.75 Å². The number of anilines is 3. The Balaban J connectivity index is 2.04. The van der Waals surface area contributed by atoms with Gasteiger partial charge in [0.25, 0.3) is 0 Å². The SMILES string of the molecule is CNc1nc(-c2ccc(OC)cc2)nc(Nc2cc(C)[nH]n2)c1CCOC. The van der Waals surface area contributed by atoms with Crippen LogP contribution in [0.15, 0.2) is 30.3 Å². The molecule has 0 saturated carbocycles. The van der Waals surface area contributed by atoms with Crippen molar-refractivity contribution in [3.8, 4) is 17.1 Å². The quantitative estimate of drug-likeness (QED) is 0.562. The third-order valence-electron chi connectivity index (χ3n) is 4.10. The van der Waals surface area contributed by atoms with Crippen molar-refractivity contribution in [3.63, 3.8) is 0 Å². The molecule has 0 aliphatic rings. The Hall–Kier alpha value is -3.13. The Kier molecular flexibility index (Phi) is 5.87. The minimum Gasteiger partial charge on any atom is -0.497 e. The molecular weight excluding hydrogens is 344 g/mol. The first-order chi connectivity index (χ1) is 13.1. The summed E-state index contributed by atoms with van der Waals surface area (Å²) >= 11 is 0. The number of hydrogen-bond donors (Lipinski definition) is 3. The highest BCUT2D eigenvalue weighted by Gasteiger charge is 2.16. The number of hydrogen-bond acceptors (Lipinski definition) is 7. The first-order valence-corrected chi connectivity index (χ1v) is 8.65. The van der Waals surface area contributed by atoms with Crippen molar-refractivity contribution in [2.24, 2.45) is 0 Å². The van der Waals surface area contributed by atoms with Crippen LogP contribution < -0.4 is 15.4 Å². The van der Waals surface area contributed by atoms with Crippen molar-refractivity contribution < 1.29 is 9.47 Å². The Morgan fingerprint density at radius 2 is 1.81 bits per heavy atom. The molecule has 1 aromatic carbocycles. The molecule has 27 heavy (non-hydrogen) atoms. The van der Waals surface area contributed by atoms with Crippen molar-refractivity contribution in [1.29, 1.82) is 0 Å². The number of aryl methyl sites for hydroxylation is 1. The molecule has 0 unspecified atom stereocenters. The number of H-pyrrole nitrogens is 1. The van der Waals surface area contributed by atoms with E-state index < -0.39 is 0 Å². The molecule has 3 N–H and O–H groups in total. The first kappa shape index (κ1) is 18.7. The van der Waals surface area contributed by atoms with Crippen molar-refractivity contribution in [3.05, 3.63) is 41.6 Å². The lowest BCUT2D eigenvalue weighted by atomic mass is 10.1. The van der Waals surface area contributed by atoms with Crippen LogP contribution >= 0.6 is 0 Å². The van der Waals surface area contributed by atoms with Gasteiger partial charge in [-0.2, -0.15) is 5.10 Å². The summed E-state index contributed by atoms with van der Waals surface area (Å²) in [6.45, 7) is 2.51. The van der Waals surface area contributed by atoms with Crippen molar-refractivity contribution in [1.82, 2.24) is 20.2 Å². The van der Waals surface area contributed by atoms with Crippen molar-refractivity contribution >= 4 is 17.5 Å². The van der Waals surface area contributed by atoms with Crippen LogP contribution in [-0.4, -0.2) is 48.0 Å². The van der Waals surface area contributed by atoms with Gasteiger partial charge < -0.3 is 20.1 Å². The second-order valence-electron chi connectivity index (χ2n) is 6.01. The summed E-state index contributed by atoms with van der Waals surface area (Å²) in [6, 6.07) is 9.58. The maximum Gasteiger partial charge on any atom is 0.163 e. The number of benzene rings is 1. The molecule has 0 aliphatic carbocycles. The van der Waals surface area contributed by atoms with E-state index in [4.69, 9.17) is 19.4 Å². The van der Waals surface area contributed by atoms with Gasteiger partial charge in [0.15, 0.2) is 11.6 Å². The Labute approximate surface area is 158 Å². The highest BCUT2D eigenvalue weighted by Crippen LogP contribution is 2.29. The fourth-order valence-electron chi connectivity index (χ4n) is 2.71. The molecule has 0 bridgehead atoms. The van der Waals surface area contributed by atoms with Gasteiger partial charge in [0.05, 0.1) is 13.7 Å². The molecule has 0 aliphatic heterocycles.